The van der Waals surface area contributed by atoms with Gasteiger partial charge in [-0.15, -0.1) is 11.3 Å². The lowest BCUT2D eigenvalue weighted by Gasteiger charge is -2.27. The van der Waals surface area contributed by atoms with E-state index in [4.69, 9.17) is 5.73 Å². The zero-order chi connectivity index (χ0) is 14.3. The van der Waals surface area contributed by atoms with Crippen molar-refractivity contribution in [3.63, 3.8) is 0 Å². The summed E-state index contributed by atoms with van der Waals surface area (Å²) in [6.45, 7) is 2.67. The second-order valence-corrected chi connectivity index (χ2v) is 8.21. The van der Waals surface area contributed by atoms with Crippen molar-refractivity contribution >= 4 is 27.0 Å². The highest BCUT2D eigenvalue weighted by Crippen LogP contribution is 2.28. The van der Waals surface area contributed by atoms with E-state index in [0.717, 1.165) is 10.6 Å². The molecule has 1 aromatic carbocycles. The first-order chi connectivity index (χ1) is 9.46. The average Bonchev–Trinajstić information content (AvgIpc) is 2.85. The largest absolute Gasteiger partial charge is 0.399 e. The van der Waals surface area contributed by atoms with E-state index in [0.29, 0.717) is 29.4 Å². The quantitative estimate of drug-likeness (QED) is 0.858. The molecule has 2 N–H and O–H groups in total. The van der Waals surface area contributed by atoms with E-state index in [1.807, 2.05) is 18.2 Å². The lowest BCUT2D eigenvalue weighted by atomic mass is 10.0. The van der Waals surface area contributed by atoms with Gasteiger partial charge in [0.05, 0.1) is 11.2 Å². The molecule has 0 atom stereocenters. The number of nitrogen functional groups attached to an aromatic ring is 1. The van der Waals surface area contributed by atoms with Crippen molar-refractivity contribution in [2.45, 2.75) is 24.1 Å². The first-order valence-corrected chi connectivity index (χ1v) is 8.52. The number of sulfonamides is 1. The Kier molecular flexibility index (Phi) is 3.27. The number of hydrogen-bond acceptors (Lipinski definition) is 5. The standard InChI is InChI=1S/C13H15N3O2S2/c1-9-15-7-13(19-9)20(17,18)16-5-4-10-2-3-12(14)6-11(10)8-16/h2-3,6-7H,4-5,8,14H2,1H3. The van der Waals surface area contributed by atoms with Crippen LogP contribution in [0.25, 0.3) is 0 Å². The molecule has 0 saturated heterocycles. The Hall–Kier alpha value is -1.44. The van der Waals surface area contributed by atoms with Gasteiger partial charge in [0.15, 0.2) is 4.21 Å². The van der Waals surface area contributed by atoms with E-state index in [9.17, 15) is 8.42 Å². The molecule has 0 bridgehead atoms. The van der Waals surface area contributed by atoms with Crippen LogP contribution >= 0.6 is 11.3 Å². The van der Waals surface area contributed by atoms with Crippen molar-refractivity contribution in [1.82, 2.24) is 9.29 Å². The normalized spacial score (nSPS) is 16.1. The van der Waals surface area contributed by atoms with Crippen LogP contribution in [-0.2, 0) is 23.0 Å². The highest BCUT2D eigenvalue weighted by Gasteiger charge is 2.29. The third-order valence-electron chi connectivity index (χ3n) is 3.40. The minimum atomic E-state index is -3.45. The molecule has 0 fully saturated rings. The van der Waals surface area contributed by atoms with Crippen LogP contribution in [0.1, 0.15) is 16.1 Å². The molecule has 0 radical (unpaired) electrons. The second-order valence-electron chi connectivity index (χ2n) is 4.82. The summed E-state index contributed by atoms with van der Waals surface area (Å²) in [5.74, 6) is 0. The van der Waals surface area contributed by atoms with Crippen LogP contribution in [0.2, 0.25) is 0 Å². The zero-order valence-electron chi connectivity index (χ0n) is 11.0. The van der Waals surface area contributed by atoms with E-state index in [1.165, 1.54) is 27.4 Å². The van der Waals surface area contributed by atoms with Crippen LogP contribution in [0, 0.1) is 6.92 Å². The topological polar surface area (TPSA) is 76.3 Å². The highest BCUT2D eigenvalue weighted by atomic mass is 32.2. The minimum absolute atomic E-state index is 0.308. The lowest BCUT2D eigenvalue weighted by Crippen LogP contribution is -2.35. The van der Waals surface area contributed by atoms with Gasteiger partial charge in [-0.25, -0.2) is 13.4 Å². The molecule has 0 unspecified atom stereocenters. The van der Waals surface area contributed by atoms with Crippen molar-refractivity contribution < 1.29 is 8.42 Å². The second kappa shape index (κ2) is 4.83. The number of anilines is 1. The number of thiazole rings is 1. The smallest absolute Gasteiger partial charge is 0.254 e. The van der Waals surface area contributed by atoms with Gasteiger partial charge in [-0.2, -0.15) is 4.31 Å². The van der Waals surface area contributed by atoms with E-state index < -0.39 is 10.0 Å². The fraction of sp³-hybridized carbons (Fsp3) is 0.308. The number of nitrogens with zero attached hydrogens (tertiary/aromatic N) is 2. The maximum absolute atomic E-state index is 12.6. The van der Waals surface area contributed by atoms with Gasteiger partial charge in [0, 0.05) is 18.8 Å². The fourth-order valence-corrected chi connectivity index (χ4v) is 5.03. The van der Waals surface area contributed by atoms with Gasteiger partial charge in [0.25, 0.3) is 10.0 Å². The molecule has 2 aromatic rings. The minimum Gasteiger partial charge on any atom is -0.399 e. The molecule has 7 heteroatoms. The molecule has 3 rings (SSSR count). The third-order valence-corrected chi connectivity index (χ3v) is 6.60. The number of hydrogen-bond donors (Lipinski definition) is 1. The van der Waals surface area contributed by atoms with Gasteiger partial charge in [-0.1, -0.05) is 6.07 Å². The Labute approximate surface area is 122 Å². The summed E-state index contributed by atoms with van der Waals surface area (Å²) in [6, 6.07) is 5.69. The van der Waals surface area contributed by atoms with Gasteiger partial charge >= 0.3 is 0 Å². The van der Waals surface area contributed by atoms with Crippen molar-refractivity contribution in [1.29, 1.82) is 0 Å². The van der Waals surface area contributed by atoms with E-state index in [2.05, 4.69) is 4.98 Å². The van der Waals surface area contributed by atoms with Gasteiger partial charge in [0.1, 0.15) is 0 Å². The van der Waals surface area contributed by atoms with Gasteiger partial charge in [0.2, 0.25) is 0 Å². The maximum atomic E-state index is 12.6. The first kappa shape index (κ1) is 13.5. The molecular formula is C13H15N3O2S2. The predicted molar refractivity (Wildman–Crippen MR) is 79.0 cm³/mol. The SMILES string of the molecule is Cc1ncc(S(=O)(=O)N2CCc3ccc(N)cc3C2)s1. The van der Waals surface area contributed by atoms with Gasteiger partial charge in [-0.05, 0) is 36.6 Å². The maximum Gasteiger partial charge on any atom is 0.254 e. The molecule has 106 valence electrons. The fourth-order valence-electron chi connectivity index (χ4n) is 2.34. The van der Waals surface area contributed by atoms with Crippen molar-refractivity contribution in [3.05, 3.63) is 40.5 Å². The number of benzene rings is 1. The number of nitrogens with two attached hydrogens (primary N) is 1. The van der Waals surface area contributed by atoms with Gasteiger partial charge in [-0.3, -0.25) is 0 Å². The van der Waals surface area contributed by atoms with Crippen molar-refractivity contribution in [2.75, 3.05) is 12.3 Å². The van der Waals surface area contributed by atoms with Crippen LogP contribution in [0.3, 0.4) is 0 Å². The molecule has 0 aliphatic carbocycles. The first-order valence-electron chi connectivity index (χ1n) is 6.27. The van der Waals surface area contributed by atoms with Crippen LogP contribution in [-0.4, -0.2) is 24.3 Å². The monoisotopic (exact) mass is 309 g/mol. The van der Waals surface area contributed by atoms with Crippen molar-refractivity contribution in [2.24, 2.45) is 0 Å². The van der Waals surface area contributed by atoms with E-state index >= 15 is 0 Å². The van der Waals surface area contributed by atoms with Crippen LogP contribution in [0.4, 0.5) is 5.69 Å². The summed E-state index contributed by atoms with van der Waals surface area (Å²) < 4.78 is 26.9. The van der Waals surface area contributed by atoms with Crippen LogP contribution < -0.4 is 5.73 Å². The molecule has 1 aliphatic heterocycles. The lowest BCUT2D eigenvalue weighted by molar-refractivity contribution is 0.392. The molecule has 1 aromatic heterocycles. The summed E-state index contributed by atoms with van der Waals surface area (Å²) >= 11 is 1.21. The van der Waals surface area contributed by atoms with E-state index in [-0.39, 0.29) is 0 Å². The Morgan fingerprint density at radius 3 is 2.85 bits per heavy atom. The van der Waals surface area contributed by atoms with Crippen LogP contribution in [0.15, 0.2) is 28.6 Å². The molecule has 20 heavy (non-hydrogen) atoms. The summed E-state index contributed by atoms with van der Waals surface area (Å²) in [7, 11) is -3.45. The Balaban J connectivity index is 1.93. The van der Waals surface area contributed by atoms with Crippen molar-refractivity contribution in [3.8, 4) is 0 Å². The van der Waals surface area contributed by atoms with Crippen LogP contribution in [0.5, 0.6) is 0 Å². The average molecular weight is 309 g/mol. The summed E-state index contributed by atoms with van der Waals surface area (Å²) in [5.41, 5.74) is 8.60. The number of aryl methyl sites for hydroxylation is 1. The Morgan fingerprint density at radius 2 is 2.15 bits per heavy atom. The highest BCUT2D eigenvalue weighted by molar-refractivity contribution is 7.91. The Bertz CT molecular complexity index is 753. The summed E-state index contributed by atoms with van der Waals surface area (Å²) in [4.78, 5) is 4.03. The number of fused-ring (bicyclic) bond motifs is 1. The molecule has 5 nitrogen and oxygen atoms in total. The zero-order valence-corrected chi connectivity index (χ0v) is 12.7. The Morgan fingerprint density at radius 1 is 1.35 bits per heavy atom. The summed E-state index contributed by atoms with van der Waals surface area (Å²) in [6.07, 6.45) is 2.15. The molecule has 2 heterocycles. The summed E-state index contributed by atoms with van der Waals surface area (Å²) in [5, 5.41) is 0.755. The number of rotatable bonds is 2. The predicted octanol–water partition coefficient (Wildman–Crippen LogP) is 1.78. The molecule has 0 amide bonds. The number of aromatic nitrogens is 1. The molecule has 0 spiro atoms. The molecular weight excluding hydrogens is 294 g/mol. The van der Waals surface area contributed by atoms with E-state index in [1.54, 1.807) is 6.92 Å². The van der Waals surface area contributed by atoms with Gasteiger partial charge < -0.3 is 5.73 Å². The molecule has 1 aliphatic rings. The molecule has 0 saturated carbocycles. The third kappa shape index (κ3) is 2.32.